The first kappa shape index (κ1) is 21.6. The Labute approximate surface area is 184 Å². The van der Waals surface area contributed by atoms with Crippen molar-refractivity contribution in [2.24, 2.45) is 28.5 Å². The first-order chi connectivity index (χ1) is 14.9. The smallest absolute Gasteiger partial charge is 0.337 e. The summed E-state index contributed by atoms with van der Waals surface area (Å²) < 4.78 is 20.7. The Morgan fingerprint density at radius 3 is 3.00 bits per heavy atom. The van der Waals surface area contributed by atoms with Crippen LogP contribution in [0.4, 0.5) is 4.39 Å². The van der Waals surface area contributed by atoms with E-state index in [0.717, 1.165) is 11.3 Å². The van der Waals surface area contributed by atoms with Gasteiger partial charge in [0.1, 0.15) is 12.0 Å². The van der Waals surface area contributed by atoms with Crippen LogP contribution in [0.5, 0.6) is 0 Å². The first-order valence-electron chi connectivity index (χ1n) is 10.2. The zero-order valence-electron chi connectivity index (χ0n) is 17.5. The van der Waals surface area contributed by atoms with Crippen molar-refractivity contribution in [3.8, 4) is 0 Å². The van der Waals surface area contributed by atoms with Crippen molar-refractivity contribution in [3.05, 3.63) is 40.1 Å². The Bertz CT molecular complexity index is 947. The van der Waals surface area contributed by atoms with Crippen LogP contribution in [-0.2, 0) is 14.3 Å². The molecule has 0 spiro atoms. The molecule has 8 nitrogen and oxygen atoms in total. The zero-order chi connectivity index (χ0) is 22.2. The number of hydrogen-bond donors (Lipinski definition) is 2. The molecule has 1 aromatic heterocycles. The molecule has 0 radical (unpaired) electrons. The van der Waals surface area contributed by atoms with Gasteiger partial charge in [0.15, 0.2) is 10.8 Å². The van der Waals surface area contributed by atoms with Gasteiger partial charge in [-0.05, 0) is 25.6 Å². The highest BCUT2D eigenvalue weighted by molar-refractivity contribution is 7.11. The Morgan fingerprint density at radius 1 is 1.55 bits per heavy atom. The maximum Gasteiger partial charge on any atom is 0.337 e. The van der Waals surface area contributed by atoms with E-state index in [9.17, 15) is 9.59 Å². The summed E-state index contributed by atoms with van der Waals surface area (Å²) in [5.74, 6) is -0.120. The number of thiazole rings is 1. The molecule has 1 aliphatic heterocycles. The number of nitrogens with two attached hydrogens (primary N) is 1. The zero-order valence-corrected chi connectivity index (χ0v) is 18.3. The first-order valence-corrected chi connectivity index (χ1v) is 11.1. The third-order valence-corrected chi connectivity index (χ3v) is 7.40. The van der Waals surface area contributed by atoms with Crippen LogP contribution in [0.2, 0.25) is 0 Å². The number of methoxy groups -OCH3 is 1. The molecule has 3 N–H and O–H groups in total. The number of amidine groups is 1. The van der Waals surface area contributed by atoms with E-state index in [-0.39, 0.29) is 24.3 Å². The van der Waals surface area contributed by atoms with Crippen molar-refractivity contribution >= 4 is 29.4 Å². The van der Waals surface area contributed by atoms with Gasteiger partial charge < -0.3 is 20.6 Å². The second kappa shape index (κ2) is 8.51. The van der Waals surface area contributed by atoms with Gasteiger partial charge in [-0.2, -0.15) is 0 Å². The number of alkyl halides is 1. The van der Waals surface area contributed by atoms with Crippen molar-refractivity contribution in [1.82, 2.24) is 15.2 Å². The van der Waals surface area contributed by atoms with Crippen molar-refractivity contribution in [2.75, 3.05) is 27.2 Å². The summed E-state index contributed by atoms with van der Waals surface area (Å²) >= 11 is 1.44. The lowest BCUT2D eigenvalue weighted by Gasteiger charge is -2.68. The Kier molecular flexibility index (Phi) is 5.94. The number of fused-ring (bicyclic) bond motifs is 1. The molecule has 3 aliphatic rings. The van der Waals surface area contributed by atoms with Crippen LogP contribution in [0.3, 0.4) is 0 Å². The van der Waals surface area contributed by atoms with E-state index in [4.69, 9.17) is 10.5 Å². The molecule has 2 saturated carbocycles. The van der Waals surface area contributed by atoms with E-state index < -0.39 is 17.7 Å². The fraction of sp³-hybridized carbons (Fsp3) is 0.524. The number of nitrogens with zero attached hydrogens (tertiary/aromatic N) is 3. The lowest BCUT2D eigenvalue weighted by molar-refractivity contribution is -0.236. The standard InChI is InChI=1S/C21H26FN5O3S/c1-27(17-13(3-5-23)16-12(4-7-28)9-21(16,17)22)11-15-14(20(29)30-2)10-25-18(26-15)19-24-6-8-31-19/h3,5-8,12-13,16-17H,4,9-11,23H2,1-2H3,(H,25,26)/b5-3+. The monoisotopic (exact) mass is 447 g/mol. The average molecular weight is 448 g/mol. The van der Waals surface area contributed by atoms with E-state index in [1.807, 2.05) is 23.4 Å². The Hall–Kier alpha value is -2.59. The molecule has 2 heterocycles. The largest absolute Gasteiger partial charge is 0.466 e. The lowest BCUT2D eigenvalue weighted by atomic mass is 9.42. The highest BCUT2D eigenvalue weighted by Crippen LogP contribution is 2.65. The van der Waals surface area contributed by atoms with Gasteiger partial charge in [0.25, 0.3) is 0 Å². The number of aldehydes is 1. The van der Waals surface area contributed by atoms with E-state index in [2.05, 4.69) is 15.3 Å². The second-order valence-corrected chi connectivity index (χ2v) is 9.11. The molecule has 1 aromatic rings. The Balaban J connectivity index is 1.55. The summed E-state index contributed by atoms with van der Waals surface area (Å²) in [4.78, 5) is 33.9. The average Bonchev–Trinajstić information content (AvgIpc) is 3.28. The van der Waals surface area contributed by atoms with Gasteiger partial charge in [0, 0.05) is 42.1 Å². The van der Waals surface area contributed by atoms with Crippen molar-refractivity contribution in [2.45, 2.75) is 24.6 Å². The third kappa shape index (κ3) is 3.57. The van der Waals surface area contributed by atoms with Crippen LogP contribution in [0.1, 0.15) is 17.8 Å². The van der Waals surface area contributed by atoms with E-state index in [1.165, 1.54) is 24.6 Å². The van der Waals surface area contributed by atoms with Gasteiger partial charge in [-0.25, -0.2) is 14.2 Å². The molecule has 2 aliphatic carbocycles. The van der Waals surface area contributed by atoms with Crippen LogP contribution >= 0.6 is 11.3 Å². The van der Waals surface area contributed by atoms with Crippen molar-refractivity contribution in [3.63, 3.8) is 0 Å². The maximum atomic E-state index is 15.7. The van der Waals surface area contributed by atoms with Gasteiger partial charge in [0.05, 0.1) is 25.3 Å². The summed E-state index contributed by atoms with van der Waals surface area (Å²) in [5, 5.41) is 5.78. The third-order valence-electron chi connectivity index (χ3n) is 6.62. The Morgan fingerprint density at radius 2 is 2.35 bits per heavy atom. The maximum absolute atomic E-state index is 15.7. The minimum Gasteiger partial charge on any atom is -0.466 e. The number of carbonyl (C=O) groups excluding carboxylic acids is 2. The highest BCUT2D eigenvalue weighted by atomic mass is 32.1. The van der Waals surface area contributed by atoms with Gasteiger partial charge >= 0.3 is 5.97 Å². The molecule has 5 unspecified atom stereocenters. The molecule has 166 valence electrons. The van der Waals surface area contributed by atoms with Crippen molar-refractivity contribution < 1.29 is 18.7 Å². The number of esters is 1. The normalized spacial score (nSPS) is 32.1. The summed E-state index contributed by atoms with van der Waals surface area (Å²) in [6.07, 6.45) is 6.56. The fourth-order valence-corrected chi connectivity index (χ4v) is 5.98. The van der Waals surface area contributed by atoms with Gasteiger partial charge in [-0.3, -0.25) is 9.89 Å². The highest BCUT2D eigenvalue weighted by Gasteiger charge is 2.72. The van der Waals surface area contributed by atoms with Crippen LogP contribution in [0, 0.1) is 17.8 Å². The van der Waals surface area contributed by atoms with Crippen LogP contribution in [0.15, 0.2) is 40.1 Å². The summed E-state index contributed by atoms with van der Waals surface area (Å²) in [6, 6.07) is -0.393. The number of ether oxygens (including phenoxy) is 1. The molecule has 10 heteroatoms. The quantitative estimate of drug-likeness (QED) is 0.456. The van der Waals surface area contributed by atoms with Gasteiger partial charge in [0.2, 0.25) is 0 Å². The molecular weight excluding hydrogens is 421 g/mol. The lowest BCUT2D eigenvalue weighted by Crippen LogP contribution is -2.77. The molecule has 31 heavy (non-hydrogen) atoms. The summed E-state index contributed by atoms with van der Waals surface area (Å²) in [5.41, 5.74) is 5.31. The summed E-state index contributed by atoms with van der Waals surface area (Å²) in [7, 11) is 3.17. The SMILES string of the molecule is COC(=O)C1=C(CN(C)C2C(/C=C/N)C3C(CC=O)CC32F)NC(c2nccs2)=NC1. The molecule has 2 fully saturated rings. The number of nitrogens with one attached hydrogen (secondary N) is 1. The fourth-order valence-electron chi connectivity index (χ4n) is 5.38. The van der Waals surface area contributed by atoms with Crippen molar-refractivity contribution in [1.29, 1.82) is 0 Å². The topological polar surface area (TPSA) is 110 Å². The number of aliphatic imine (C=N–C) groups is 1. The van der Waals surface area contributed by atoms with E-state index in [1.54, 1.807) is 6.20 Å². The predicted molar refractivity (Wildman–Crippen MR) is 115 cm³/mol. The molecule has 4 rings (SSSR count). The molecule has 0 amide bonds. The number of aromatic nitrogens is 1. The predicted octanol–water partition coefficient (Wildman–Crippen LogP) is 1.26. The number of rotatable bonds is 8. The molecule has 5 atom stereocenters. The molecular formula is C21H26FN5O3S. The van der Waals surface area contributed by atoms with Crippen LogP contribution < -0.4 is 11.1 Å². The minimum absolute atomic E-state index is 0.0506. The van der Waals surface area contributed by atoms with Crippen LogP contribution in [-0.4, -0.2) is 66.9 Å². The second-order valence-electron chi connectivity index (χ2n) is 8.22. The summed E-state index contributed by atoms with van der Waals surface area (Å²) in [6.45, 7) is 0.477. The number of carbonyl (C=O) groups is 2. The molecule has 0 saturated heterocycles. The van der Waals surface area contributed by atoms with Gasteiger partial charge in [-0.15, -0.1) is 11.3 Å². The van der Waals surface area contributed by atoms with Gasteiger partial charge in [-0.1, -0.05) is 6.08 Å². The molecule has 0 aromatic carbocycles. The molecule has 0 bridgehead atoms. The minimum atomic E-state index is -1.36. The number of likely N-dealkylation sites (N-methyl/N-ethyl adjacent to an activating group) is 1. The van der Waals surface area contributed by atoms with E-state index >= 15 is 4.39 Å². The number of hydrogen-bond acceptors (Lipinski definition) is 9. The van der Waals surface area contributed by atoms with E-state index in [0.29, 0.717) is 36.5 Å². The van der Waals surface area contributed by atoms with Crippen LogP contribution in [0.25, 0.3) is 0 Å². The number of halogens is 1.